The minimum Gasteiger partial charge on any atom is -0.198 e. The minimum absolute atomic E-state index is 0.241. The number of rotatable bonds is 1. The quantitative estimate of drug-likeness (QED) is 0.527. The zero-order chi connectivity index (χ0) is 6.74. The van der Waals surface area contributed by atoms with Crippen LogP contribution < -0.4 is 0 Å². The molecule has 0 aromatic heterocycles. The van der Waals surface area contributed by atoms with E-state index in [0.717, 1.165) is 19.3 Å². The van der Waals surface area contributed by atoms with Crippen molar-refractivity contribution < 1.29 is 0 Å². The Bertz CT molecular complexity index is 178. The second-order valence-corrected chi connectivity index (χ2v) is 2.58. The maximum Gasteiger partial charge on any atom is 0.0703 e. The first-order valence-electron chi connectivity index (χ1n) is 3.11. The van der Waals surface area contributed by atoms with Crippen molar-refractivity contribution >= 4 is 0 Å². The first kappa shape index (κ1) is 6.11. The van der Waals surface area contributed by atoms with E-state index < -0.39 is 0 Å². The predicted octanol–water partition coefficient (Wildman–Crippen LogP) is 1.59. The molecule has 0 aromatic carbocycles. The third-order valence-corrected chi connectivity index (χ3v) is 1.97. The van der Waals surface area contributed by atoms with E-state index in [1.807, 2.05) is 6.07 Å². The maximum atomic E-state index is 8.57. The molecule has 2 heteroatoms. The monoisotopic (exact) mass is 120 g/mol. The van der Waals surface area contributed by atoms with Gasteiger partial charge < -0.3 is 0 Å². The van der Waals surface area contributed by atoms with E-state index in [0.29, 0.717) is 6.42 Å². The Balaban J connectivity index is 2.52. The van der Waals surface area contributed by atoms with Crippen molar-refractivity contribution in [2.24, 2.45) is 5.41 Å². The summed E-state index contributed by atoms with van der Waals surface area (Å²) in [5, 5.41) is 16.9. The lowest BCUT2D eigenvalue weighted by Crippen LogP contribution is -2.26. The zero-order valence-electron chi connectivity index (χ0n) is 5.22. The summed E-state index contributed by atoms with van der Waals surface area (Å²) in [7, 11) is 0. The summed E-state index contributed by atoms with van der Waals surface area (Å²) in [6.45, 7) is 0. The molecular weight excluding hydrogens is 112 g/mol. The number of nitriles is 2. The topological polar surface area (TPSA) is 47.6 Å². The molecule has 0 spiro atoms. The van der Waals surface area contributed by atoms with Crippen molar-refractivity contribution in [1.82, 2.24) is 0 Å². The Hall–Kier alpha value is -1.02. The smallest absolute Gasteiger partial charge is 0.0703 e. The van der Waals surface area contributed by atoms with Gasteiger partial charge in [0, 0.05) is 0 Å². The molecule has 46 valence electrons. The lowest BCUT2D eigenvalue weighted by Gasteiger charge is -2.32. The van der Waals surface area contributed by atoms with Crippen LogP contribution >= 0.6 is 0 Å². The van der Waals surface area contributed by atoms with Gasteiger partial charge in [-0.2, -0.15) is 10.5 Å². The largest absolute Gasteiger partial charge is 0.198 e. The molecule has 1 saturated carbocycles. The van der Waals surface area contributed by atoms with Gasteiger partial charge in [0.15, 0.2) is 0 Å². The molecular formula is C7H8N2. The van der Waals surface area contributed by atoms with Crippen LogP contribution in [0.3, 0.4) is 0 Å². The Morgan fingerprint density at radius 3 is 2.11 bits per heavy atom. The molecule has 0 aromatic rings. The molecule has 0 amide bonds. The molecule has 0 atom stereocenters. The minimum atomic E-state index is -0.241. The Labute approximate surface area is 54.7 Å². The van der Waals surface area contributed by atoms with Crippen molar-refractivity contribution in [3.05, 3.63) is 0 Å². The Morgan fingerprint density at radius 2 is 2.00 bits per heavy atom. The Morgan fingerprint density at radius 1 is 1.33 bits per heavy atom. The fourth-order valence-electron chi connectivity index (χ4n) is 1.08. The average Bonchev–Trinajstić information content (AvgIpc) is 1.79. The van der Waals surface area contributed by atoms with E-state index in [-0.39, 0.29) is 5.41 Å². The van der Waals surface area contributed by atoms with Gasteiger partial charge >= 0.3 is 0 Å². The van der Waals surface area contributed by atoms with Crippen LogP contribution in [0.1, 0.15) is 25.7 Å². The van der Waals surface area contributed by atoms with E-state index in [2.05, 4.69) is 6.07 Å². The van der Waals surface area contributed by atoms with Crippen molar-refractivity contribution in [1.29, 1.82) is 10.5 Å². The average molecular weight is 120 g/mol. The van der Waals surface area contributed by atoms with Gasteiger partial charge in [-0.3, -0.25) is 0 Å². The summed E-state index contributed by atoms with van der Waals surface area (Å²) in [6.07, 6.45) is 3.40. The summed E-state index contributed by atoms with van der Waals surface area (Å²) >= 11 is 0. The predicted molar refractivity (Wildman–Crippen MR) is 32.1 cm³/mol. The van der Waals surface area contributed by atoms with Gasteiger partial charge in [0.1, 0.15) is 0 Å². The highest BCUT2D eigenvalue weighted by atomic mass is 14.4. The van der Waals surface area contributed by atoms with Crippen LogP contribution in [-0.4, -0.2) is 0 Å². The van der Waals surface area contributed by atoms with Crippen molar-refractivity contribution in [3.63, 3.8) is 0 Å². The van der Waals surface area contributed by atoms with E-state index in [1.165, 1.54) is 0 Å². The van der Waals surface area contributed by atoms with Gasteiger partial charge in [-0.25, -0.2) is 0 Å². The standard InChI is InChI=1S/C7H8N2/c8-5-4-7(6-9)2-1-3-7/h1-4H2. The first-order valence-corrected chi connectivity index (χ1v) is 3.11. The number of nitrogens with zero attached hydrogens (tertiary/aromatic N) is 2. The van der Waals surface area contributed by atoms with Crippen molar-refractivity contribution in [2.75, 3.05) is 0 Å². The summed E-state index contributed by atoms with van der Waals surface area (Å²) in [5.74, 6) is 0. The van der Waals surface area contributed by atoms with Gasteiger partial charge in [0.05, 0.1) is 24.0 Å². The van der Waals surface area contributed by atoms with E-state index >= 15 is 0 Å². The highest BCUT2D eigenvalue weighted by molar-refractivity contribution is 5.08. The molecule has 0 saturated heterocycles. The SMILES string of the molecule is N#CCC1(C#N)CCC1. The molecule has 0 unspecified atom stereocenters. The molecule has 0 radical (unpaired) electrons. The normalized spacial score (nSPS) is 21.1. The summed E-state index contributed by atoms with van der Waals surface area (Å²) in [5.41, 5.74) is -0.241. The molecule has 1 aliphatic carbocycles. The van der Waals surface area contributed by atoms with Gasteiger partial charge in [-0.05, 0) is 12.8 Å². The number of hydrogen-bond donors (Lipinski definition) is 0. The van der Waals surface area contributed by atoms with Crippen LogP contribution in [0.2, 0.25) is 0 Å². The van der Waals surface area contributed by atoms with E-state index in [9.17, 15) is 0 Å². The van der Waals surface area contributed by atoms with Crippen molar-refractivity contribution in [3.8, 4) is 12.1 Å². The fraction of sp³-hybridized carbons (Fsp3) is 0.714. The highest BCUT2D eigenvalue weighted by Gasteiger charge is 2.36. The van der Waals surface area contributed by atoms with E-state index in [1.54, 1.807) is 0 Å². The van der Waals surface area contributed by atoms with Gasteiger partial charge in [0.2, 0.25) is 0 Å². The summed E-state index contributed by atoms with van der Waals surface area (Å²) in [6, 6.07) is 4.23. The summed E-state index contributed by atoms with van der Waals surface area (Å²) in [4.78, 5) is 0. The van der Waals surface area contributed by atoms with Crippen molar-refractivity contribution in [2.45, 2.75) is 25.7 Å². The maximum absolute atomic E-state index is 8.57. The molecule has 0 heterocycles. The van der Waals surface area contributed by atoms with Crippen LogP contribution in [0, 0.1) is 28.1 Å². The lowest BCUT2D eigenvalue weighted by molar-refractivity contribution is 0.221. The van der Waals surface area contributed by atoms with Crippen LogP contribution in [-0.2, 0) is 0 Å². The first-order chi connectivity index (χ1) is 4.33. The van der Waals surface area contributed by atoms with Crippen LogP contribution in [0.15, 0.2) is 0 Å². The van der Waals surface area contributed by atoms with Gasteiger partial charge in [-0.1, -0.05) is 6.42 Å². The van der Waals surface area contributed by atoms with Crippen LogP contribution in [0.4, 0.5) is 0 Å². The molecule has 1 rings (SSSR count). The van der Waals surface area contributed by atoms with Crippen LogP contribution in [0.5, 0.6) is 0 Å². The zero-order valence-corrected chi connectivity index (χ0v) is 5.22. The second-order valence-electron chi connectivity index (χ2n) is 2.58. The third kappa shape index (κ3) is 0.886. The molecule has 1 aliphatic rings. The molecule has 1 fully saturated rings. The highest BCUT2D eigenvalue weighted by Crippen LogP contribution is 2.42. The third-order valence-electron chi connectivity index (χ3n) is 1.97. The molecule has 0 N–H and O–H groups in total. The lowest BCUT2D eigenvalue weighted by atomic mass is 9.68. The van der Waals surface area contributed by atoms with Crippen LogP contribution in [0.25, 0.3) is 0 Å². The van der Waals surface area contributed by atoms with Gasteiger partial charge in [0.25, 0.3) is 0 Å². The number of hydrogen-bond acceptors (Lipinski definition) is 2. The molecule has 2 nitrogen and oxygen atoms in total. The molecule has 0 bridgehead atoms. The second kappa shape index (κ2) is 2.07. The molecule has 9 heavy (non-hydrogen) atoms. The Kier molecular flexibility index (Phi) is 1.40. The summed E-state index contributed by atoms with van der Waals surface area (Å²) < 4.78 is 0. The van der Waals surface area contributed by atoms with Gasteiger partial charge in [-0.15, -0.1) is 0 Å². The van der Waals surface area contributed by atoms with E-state index in [4.69, 9.17) is 10.5 Å². The fourth-order valence-corrected chi connectivity index (χ4v) is 1.08. The molecule has 0 aliphatic heterocycles.